The number of piperazine rings is 1. The van der Waals surface area contributed by atoms with Crippen LogP contribution in [0.25, 0.3) is 16.9 Å². The van der Waals surface area contributed by atoms with Crippen molar-refractivity contribution in [2.45, 2.75) is 0 Å². The summed E-state index contributed by atoms with van der Waals surface area (Å²) in [5, 5.41) is 6.26. The van der Waals surface area contributed by atoms with E-state index in [-0.39, 0.29) is 16.8 Å². The minimum atomic E-state index is -0.620. The van der Waals surface area contributed by atoms with Crippen LogP contribution in [0, 0.1) is 0 Å². The zero-order valence-electron chi connectivity index (χ0n) is 16.7. The van der Waals surface area contributed by atoms with Crippen LogP contribution in [-0.2, 0) is 4.74 Å². The Labute approximate surface area is 172 Å². The molecular weight excluding hydrogens is 388 g/mol. The molecule has 3 aliphatic rings. The van der Waals surface area contributed by atoms with Crippen LogP contribution in [0.2, 0.25) is 0 Å². The van der Waals surface area contributed by atoms with E-state index in [4.69, 9.17) is 10.5 Å². The van der Waals surface area contributed by atoms with Gasteiger partial charge in [0.15, 0.2) is 0 Å². The Balaban J connectivity index is 1.82. The summed E-state index contributed by atoms with van der Waals surface area (Å²) in [6.45, 7) is 3.35. The number of rotatable bonds is 4. The third-order valence-corrected chi connectivity index (χ3v) is 5.35. The van der Waals surface area contributed by atoms with E-state index in [1.165, 1.54) is 13.3 Å². The highest BCUT2D eigenvalue weighted by Gasteiger charge is 2.24. The summed E-state index contributed by atoms with van der Waals surface area (Å²) in [4.78, 5) is 40.9. The highest BCUT2D eigenvalue weighted by molar-refractivity contribution is 5.99. The van der Waals surface area contributed by atoms with Gasteiger partial charge < -0.3 is 24.8 Å². The number of hydrogen-bond donors (Lipinski definition) is 2. The third-order valence-electron chi connectivity index (χ3n) is 5.35. The first-order valence-corrected chi connectivity index (χ1v) is 9.45. The molecule has 1 aromatic carbocycles. The normalized spacial score (nSPS) is 14.8. The number of nitrogens with one attached hydrogen (secondary N) is 1. The average Bonchev–Trinajstić information content (AvgIpc) is 3.13. The Hall–Kier alpha value is -3.66. The molecule has 0 aromatic heterocycles. The van der Waals surface area contributed by atoms with Crippen molar-refractivity contribution in [1.82, 2.24) is 19.7 Å². The number of H-pyrrole nitrogens is 1. The number of amides is 1. The molecular formula is C20H22N6O4. The number of methoxy groups -OCH3 is 1. The van der Waals surface area contributed by atoms with Gasteiger partial charge in [-0.2, -0.15) is 5.10 Å². The minimum absolute atomic E-state index is 0.136. The number of fused-ring (bicyclic) bond motifs is 1. The van der Waals surface area contributed by atoms with E-state index < -0.39 is 17.4 Å². The lowest BCUT2D eigenvalue weighted by Gasteiger charge is -2.35. The highest BCUT2D eigenvalue weighted by Crippen LogP contribution is 2.27. The number of primary amides is 1. The molecule has 0 saturated carbocycles. The maximum atomic E-state index is 12.2. The second-order valence-electron chi connectivity index (χ2n) is 7.24. The maximum absolute atomic E-state index is 12.2. The smallest absolute Gasteiger partial charge is 0.341 e. The molecule has 1 aromatic rings. The number of carbonyl (C=O) groups excluding carboxylic acids is 2. The van der Waals surface area contributed by atoms with Crippen molar-refractivity contribution in [2.24, 2.45) is 5.73 Å². The molecule has 1 amide bonds. The number of nitrogens with two attached hydrogens (primary N) is 1. The number of aromatic nitrogens is 3. The van der Waals surface area contributed by atoms with E-state index in [0.717, 1.165) is 31.9 Å². The molecule has 0 radical (unpaired) electrons. The Morgan fingerprint density at radius 2 is 1.87 bits per heavy atom. The fourth-order valence-corrected chi connectivity index (χ4v) is 3.65. The fourth-order valence-electron chi connectivity index (χ4n) is 3.65. The van der Waals surface area contributed by atoms with Crippen LogP contribution in [0.15, 0.2) is 35.4 Å². The van der Waals surface area contributed by atoms with E-state index in [1.54, 1.807) is 16.8 Å². The average molecular weight is 410 g/mol. The monoisotopic (exact) mass is 410 g/mol. The van der Waals surface area contributed by atoms with Crippen molar-refractivity contribution >= 4 is 17.6 Å². The van der Waals surface area contributed by atoms with Crippen LogP contribution in [0.4, 0.5) is 5.69 Å². The summed E-state index contributed by atoms with van der Waals surface area (Å²) in [5.74, 6) is -1.17. The zero-order valence-corrected chi connectivity index (χ0v) is 16.7. The van der Waals surface area contributed by atoms with Gasteiger partial charge in [0.2, 0.25) is 0 Å². The van der Waals surface area contributed by atoms with Crippen LogP contribution in [-0.4, -0.2) is 71.9 Å². The van der Waals surface area contributed by atoms with Gasteiger partial charge in [0.05, 0.1) is 18.2 Å². The van der Waals surface area contributed by atoms with Crippen LogP contribution in [0.3, 0.4) is 0 Å². The highest BCUT2D eigenvalue weighted by atomic mass is 16.5. The molecule has 4 rings (SSSR count). The third kappa shape index (κ3) is 3.41. The molecule has 10 nitrogen and oxygen atoms in total. The van der Waals surface area contributed by atoms with Crippen LogP contribution < -0.4 is 16.2 Å². The maximum Gasteiger partial charge on any atom is 0.341 e. The number of nitrogens with zero attached hydrogens (tertiary/aromatic N) is 4. The SMILES string of the molecule is COC(=O)c1cn(-c2ccc(N3CCN(C)CC3)c(C(N)=O)c2)cc2c(=O)[nH]nc1-2. The lowest BCUT2D eigenvalue weighted by atomic mass is 10.1. The van der Waals surface area contributed by atoms with E-state index in [0.29, 0.717) is 11.3 Å². The first kappa shape index (κ1) is 19.6. The molecule has 0 atom stereocenters. The molecule has 0 unspecified atom stereocenters. The Morgan fingerprint density at radius 1 is 1.13 bits per heavy atom. The largest absolute Gasteiger partial charge is 0.465 e. The number of aromatic amines is 1. The van der Waals surface area contributed by atoms with Crippen molar-refractivity contribution in [3.63, 3.8) is 0 Å². The van der Waals surface area contributed by atoms with Crippen molar-refractivity contribution in [1.29, 1.82) is 0 Å². The molecule has 3 heterocycles. The Bertz CT molecular complexity index is 1140. The zero-order chi connectivity index (χ0) is 21.4. The van der Waals surface area contributed by atoms with E-state index in [1.807, 2.05) is 12.1 Å². The van der Waals surface area contributed by atoms with Crippen molar-refractivity contribution in [2.75, 3.05) is 45.2 Å². The summed E-state index contributed by atoms with van der Waals surface area (Å²) in [5.41, 5.74) is 7.57. The van der Waals surface area contributed by atoms with Crippen LogP contribution in [0.1, 0.15) is 20.7 Å². The van der Waals surface area contributed by atoms with Gasteiger partial charge in [-0.05, 0) is 25.2 Å². The molecule has 0 spiro atoms. The molecule has 156 valence electrons. The van der Waals surface area contributed by atoms with Crippen molar-refractivity contribution < 1.29 is 14.3 Å². The van der Waals surface area contributed by atoms with E-state index in [9.17, 15) is 14.4 Å². The molecule has 1 fully saturated rings. The predicted molar refractivity (Wildman–Crippen MR) is 110 cm³/mol. The van der Waals surface area contributed by atoms with Crippen molar-refractivity contribution in [3.05, 3.63) is 52.1 Å². The van der Waals surface area contributed by atoms with Crippen LogP contribution >= 0.6 is 0 Å². The molecule has 10 heteroatoms. The molecule has 1 saturated heterocycles. The van der Waals surface area contributed by atoms with Gasteiger partial charge in [0, 0.05) is 49.9 Å². The minimum Gasteiger partial charge on any atom is -0.465 e. The molecule has 3 N–H and O–H groups in total. The summed E-state index contributed by atoms with van der Waals surface area (Å²) in [6.07, 6.45) is 3.08. The van der Waals surface area contributed by atoms with Gasteiger partial charge in [0.1, 0.15) is 11.3 Å². The van der Waals surface area contributed by atoms with Crippen LogP contribution in [0.5, 0.6) is 0 Å². The van der Waals surface area contributed by atoms with E-state index in [2.05, 4.69) is 27.0 Å². The quantitative estimate of drug-likeness (QED) is 0.593. The van der Waals surface area contributed by atoms with Crippen molar-refractivity contribution in [3.8, 4) is 16.9 Å². The second kappa shape index (κ2) is 7.64. The van der Waals surface area contributed by atoms with E-state index >= 15 is 0 Å². The number of esters is 1. The Kier molecular flexibility index (Phi) is 5.00. The predicted octanol–water partition coefficient (Wildman–Crippen LogP) is 0.303. The summed E-state index contributed by atoms with van der Waals surface area (Å²) in [6, 6.07) is 5.31. The lowest BCUT2D eigenvalue weighted by molar-refractivity contribution is 0.0600. The number of hydrogen-bond acceptors (Lipinski definition) is 7. The summed E-state index contributed by atoms with van der Waals surface area (Å²) >= 11 is 0. The first-order valence-electron chi connectivity index (χ1n) is 9.45. The van der Waals surface area contributed by atoms with Gasteiger partial charge >= 0.3 is 5.97 Å². The topological polar surface area (TPSA) is 127 Å². The first-order chi connectivity index (χ1) is 14.4. The standard InChI is InChI=1S/C20H22N6O4/c1-24-5-7-25(8-6-24)16-4-3-12(9-13(16)18(21)27)26-10-14-17(22-23-19(14)28)15(11-26)20(29)30-2/h3-4,9-11H,5-8H2,1-2H3,(H2,21,27)(H,23,28). The molecule has 0 aliphatic carbocycles. The molecule has 30 heavy (non-hydrogen) atoms. The second-order valence-corrected chi connectivity index (χ2v) is 7.24. The van der Waals surface area contributed by atoms with Gasteiger partial charge in [0.25, 0.3) is 11.5 Å². The fraction of sp³-hybridized carbons (Fsp3) is 0.300. The lowest BCUT2D eigenvalue weighted by Crippen LogP contribution is -2.45. The number of pyridine rings is 1. The Morgan fingerprint density at radius 3 is 2.53 bits per heavy atom. The number of anilines is 1. The number of carbonyl (C=O) groups is 2. The molecule has 0 bridgehead atoms. The van der Waals surface area contributed by atoms with Gasteiger partial charge in [-0.1, -0.05) is 0 Å². The number of likely N-dealkylation sites (N-methyl/N-ethyl adjacent to an activating group) is 1. The molecule has 3 aliphatic heterocycles. The number of benzene rings is 1. The summed E-state index contributed by atoms with van der Waals surface area (Å²) in [7, 11) is 3.31. The van der Waals surface area contributed by atoms with Gasteiger partial charge in [-0.3, -0.25) is 9.59 Å². The summed E-state index contributed by atoms with van der Waals surface area (Å²) < 4.78 is 6.41. The van der Waals surface area contributed by atoms with Gasteiger partial charge in [-0.25, -0.2) is 9.89 Å². The number of ether oxygens (including phenoxy) is 1. The van der Waals surface area contributed by atoms with Gasteiger partial charge in [-0.15, -0.1) is 0 Å².